The van der Waals surface area contributed by atoms with Crippen LogP contribution in [0.25, 0.3) is 0 Å². The predicted molar refractivity (Wildman–Crippen MR) is 58.1 cm³/mol. The monoisotopic (exact) mass is 238 g/mol. The molecule has 0 spiro atoms. The summed E-state index contributed by atoms with van der Waals surface area (Å²) in [6.07, 6.45) is -2.12. The molecule has 0 bridgehead atoms. The Labute approximate surface area is 94.8 Å². The van der Waals surface area contributed by atoms with Crippen molar-refractivity contribution in [2.75, 3.05) is 13.1 Å². The summed E-state index contributed by atoms with van der Waals surface area (Å²) >= 11 is 0. The number of hydrogen-bond donors (Lipinski definition) is 2. The van der Waals surface area contributed by atoms with Crippen LogP contribution < -0.4 is 11.1 Å². The molecule has 0 heterocycles. The van der Waals surface area contributed by atoms with E-state index in [4.69, 9.17) is 5.73 Å². The average molecular weight is 238 g/mol. The minimum absolute atomic E-state index is 0.194. The van der Waals surface area contributed by atoms with Crippen molar-refractivity contribution >= 4 is 0 Å². The Hall–Kier alpha value is -0.290. The molecule has 1 aliphatic rings. The largest absolute Gasteiger partial charge is 0.406 e. The standard InChI is InChI=1S/C11H21F3N2/c1-3-9(4-2,7-15)8-16-10(5-6-10)11(12,13)14/h16H,3-8,15H2,1-2H3. The van der Waals surface area contributed by atoms with Crippen molar-refractivity contribution in [3.8, 4) is 0 Å². The molecule has 0 aliphatic heterocycles. The van der Waals surface area contributed by atoms with Crippen LogP contribution in [-0.4, -0.2) is 24.8 Å². The van der Waals surface area contributed by atoms with Crippen molar-refractivity contribution in [3.63, 3.8) is 0 Å². The second-order valence-corrected chi connectivity index (χ2v) is 4.84. The highest BCUT2D eigenvalue weighted by Gasteiger charge is 2.63. The van der Waals surface area contributed by atoms with Crippen molar-refractivity contribution < 1.29 is 13.2 Å². The van der Waals surface area contributed by atoms with Crippen molar-refractivity contribution in [1.29, 1.82) is 0 Å². The highest BCUT2D eigenvalue weighted by molar-refractivity contribution is 5.08. The van der Waals surface area contributed by atoms with Gasteiger partial charge in [-0.2, -0.15) is 13.2 Å². The molecule has 0 saturated heterocycles. The molecule has 1 rings (SSSR count). The molecule has 0 aromatic heterocycles. The van der Waals surface area contributed by atoms with Crippen LogP contribution in [0.5, 0.6) is 0 Å². The predicted octanol–water partition coefficient (Wildman–Crippen LogP) is 2.44. The van der Waals surface area contributed by atoms with Crippen LogP contribution in [0.4, 0.5) is 13.2 Å². The topological polar surface area (TPSA) is 38.0 Å². The third kappa shape index (κ3) is 2.51. The van der Waals surface area contributed by atoms with Crippen molar-refractivity contribution in [2.24, 2.45) is 11.1 Å². The van der Waals surface area contributed by atoms with Gasteiger partial charge in [-0.15, -0.1) is 0 Å². The molecular weight excluding hydrogens is 217 g/mol. The first-order chi connectivity index (χ1) is 7.35. The number of rotatable bonds is 6. The van der Waals surface area contributed by atoms with E-state index >= 15 is 0 Å². The fourth-order valence-corrected chi connectivity index (χ4v) is 1.90. The fraction of sp³-hybridized carbons (Fsp3) is 1.00. The van der Waals surface area contributed by atoms with E-state index < -0.39 is 11.7 Å². The normalized spacial score (nSPS) is 19.9. The average Bonchev–Trinajstić information content (AvgIpc) is 3.01. The molecule has 3 N–H and O–H groups in total. The van der Waals surface area contributed by atoms with Gasteiger partial charge < -0.3 is 11.1 Å². The zero-order valence-electron chi connectivity index (χ0n) is 9.95. The lowest BCUT2D eigenvalue weighted by Crippen LogP contribution is -2.50. The summed E-state index contributed by atoms with van der Waals surface area (Å²) in [5.74, 6) is 0. The van der Waals surface area contributed by atoms with Gasteiger partial charge in [-0.3, -0.25) is 0 Å². The van der Waals surface area contributed by atoms with Gasteiger partial charge in [0.25, 0.3) is 0 Å². The Balaban J connectivity index is 2.57. The third-order valence-electron chi connectivity index (χ3n) is 4.03. The fourth-order valence-electron chi connectivity index (χ4n) is 1.90. The third-order valence-corrected chi connectivity index (χ3v) is 4.03. The Morgan fingerprint density at radius 3 is 1.94 bits per heavy atom. The van der Waals surface area contributed by atoms with Gasteiger partial charge in [0.1, 0.15) is 5.54 Å². The van der Waals surface area contributed by atoms with Gasteiger partial charge in [0, 0.05) is 6.54 Å². The summed E-state index contributed by atoms with van der Waals surface area (Å²) in [6.45, 7) is 4.74. The summed E-state index contributed by atoms with van der Waals surface area (Å²) in [6, 6.07) is 0. The lowest BCUT2D eigenvalue weighted by molar-refractivity contribution is -0.167. The first kappa shape index (κ1) is 13.8. The molecule has 16 heavy (non-hydrogen) atoms. The number of nitrogens with two attached hydrogens (primary N) is 1. The van der Waals surface area contributed by atoms with Crippen LogP contribution >= 0.6 is 0 Å². The summed E-state index contributed by atoms with van der Waals surface area (Å²) in [4.78, 5) is 0. The number of halogens is 3. The maximum atomic E-state index is 12.7. The Bertz CT molecular complexity index is 220. The molecule has 1 aliphatic carbocycles. The van der Waals surface area contributed by atoms with Gasteiger partial charge in [-0.05, 0) is 37.6 Å². The molecule has 2 nitrogen and oxygen atoms in total. The zero-order chi connectivity index (χ0) is 12.4. The quantitative estimate of drug-likeness (QED) is 0.746. The number of hydrogen-bond acceptors (Lipinski definition) is 2. The maximum Gasteiger partial charge on any atom is 0.406 e. The van der Waals surface area contributed by atoms with Crippen LogP contribution in [0.15, 0.2) is 0 Å². The molecule has 0 radical (unpaired) electrons. The van der Waals surface area contributed by atoms with Crippen molar-refractivity contribution in [2.45, 2.75) is 51.2 Å². The highest BCUT2D eigenvalue weighted by atomic mass is 19.4. The van der Waals surface area contributed by atoms with E-state index in [1.165, 1.54) is 0 Å². The second-order valence-electron chi connectivity index (χ2n) is 4.84. The van der Waals surface area contributed by atoms with Crippen LogP contribution in [0.3, 0.4) is 0 Å². The van der Waals surface area contributed by atoms with Gasteiger partial charge in [-0.1, -0.05) is 13.8 Å². The van der Waals surface area contributed by atoms with Crippen LogP contribution in [0.2, 0.25) is 0 Å². The first-order valence-electron chi connectivity index (χ1n) is 5.86. The van der Waals surface area contributed by atoms with E-state index in [1.807, 2.05) is 13.8 Å². The molecule has 1 fully saturated rings. The summed E-state index contributed by atoms with van der Waals surface area (Å²) < 4.78 is 38.1. The first-order valence-corrected chi connectivity index (χ1v) is 5.86. The van der Waals surface area contributed by atoms with Gasteiger partial charge in [-0.25, -0.2) is 0 Å². The van der Waals surface area contributed by atoms with Gasteiger partial charge in [0.2, 0.25) is 0 Å². The summed E-state index contributed by atoms with van der Waals surface area (Å²) in [5.41, 5.74) is 3.86. The molecular formula is C11H21F3N2. The Morgan fingerprint density at radius 1 is 1.19 bits per heavy atom. The van der Waals surface area contributed by atoms with Crippen LogP contribution in [0, 0.1) is 5.41 Å². The maximum absolute atomic E-state index is 12.7. The molecule has 96 valence electrons. The van der Waals surface area contributed by atoms with Gasteiger partial charge >= 0.3 is 6.18 Å². The summed E-state index contributed by atoms with van der Waals surface area (Å²) in [5, 5.41) is 2.70. The van der Waals surface area contributed by atoms with Crippen LogP contribution in [-0.2, 0) is 0 Å². The summed E-state index contributed by atoms with van der Waals surface area (Å²) in [7, 11) is 0. The molecule has 0 atom stereocenters. The van der Waals surface area contributed by atoms with E-state index in [0.29, 0.717) is 13.1 Å². The van der Waals surface area contributed by atoms with E-state index in [9.17, 15) is 13.2 Å². The lowest BCUT2D eigenvalue weighted by Gasteiger charge is -2.33. The van der Waals surface area contributed by atoms with E-state index in [0.717, 1.165) is 12.8 Å². The molecule has 1 saturated carbocycles. The van der Waals surface area contributed by atoms with Gasteiger partial charge in [0.05, 0.1) is 0 Å². The molecule has 0 aromatic rings. The van der Waals surface area contributed by atoms with E-state index in [-0.39, 0.29) is 18.3 Å². The number of nitrogens with one attached hydrogen (secondary N) is 1. The van der Waals surface area contributed by atoms with E-state index in [2.05, 4.69) is 5.32 Å². The molecule has 0 amide bonds. The van der Waals surface area contributed by atoms with Crippen molar-refractivity contribution in [3.05, 3.63) is 0 Å². The Kier molecular flexibility index (Phi) is 3.90. The van der Waals surface area contributed by atoms with Crippen molar-refractivity contribution in [1.82, 2.24) is 5.32 Å². The van der Waals surface area contributed by atoms with Crippen LogP contribution in [0.1, 0.15) is 39.5 Å². The second kappa shape index (κ2) is 4.53. The lowest BCUT2D eigenvalue weighted by atomic mass is 9.82. The molecule has 0 unspecified atom stereocenters. The molecule has 5 heteroatoms. The van der Waals surface area contributed by atoms with Gasteiger partial charge in [0.15, 0.2) is 0 Å². The minimum atomic E-state index is -4.13. The molecule has 0 aromatic carbocycles. The number of alkyl halides is 3. The SMILES string of the molecule is CCC(CC)(CN)CNC1(C(F)(F)F)CC1. The minimum Gasteiger partial charge on any atom is -0.330 e. The van der Waals surface area contributed by atoms with E-state index in [1.54, 1.807) is 0 Å². The Morgan fingerprint density at radius 2 is 1.69 bits per heavy atom. The highest BCUT2D eigenvalue weighted by Crippen LogP contribution is 2.49. The smallest absolute Gasteiger partial charge is 0.330 e. The zero-order valence-corrected chi connectivity index (χ0v) is 9.95.